The van der Waals surface area contributed by atoms with Crippen LogP contribution < -0.4 is 5.32 Å². The van der Waals surface area contributed by atoms with Crippen molar-refractivity contribution in [3.8, 4) is 0 Å². The highest BCUT2D eigenvalue weighted by Gasteiger charge is 2.20. The van der Waals surface area contributed by atoms with Crippen molar-refractivity contribution in [1.82, 2.24) is 5.32 Å². The van der Waals surface area contributed by atoms with Crippen molar-refractivity contribution in [1.29, 1.82) is 0 Å². The quantitative estimate of drug-likeness (QED) is 0.0417. The van der Waals surface area contributed by atoms with Gasteiger partial charge in [-0.05, 0) is 25.7 Å². The van der Waals surface area contributed by atoms with Crippen LogP contribution in [0, 0.1) is 0 Å². The van der Waals surface area contributed by atoms with E-state index < -0.39 is 12.1 Å². The molecular weight excluding hydrogens is 923 g/mol. The van der Waals surface area contributed by atoms with Gasteiger partial charge in [-0.1, -0.05) is 367 Å². The van der Waals surface area contributed by atoms with Gasteiger partial charge in [0.25, 0.3) is 0 Å². The summed E-state index contributed by atoms with van der Waals surface area (Å²) in [5, 5.41) is 23.3. The lowest BCUT2D eigenvalue weighted by Gasteiger charge is -2.22. The molecule has 0 aromatic heterocycles. The molecule has 0 aliphatic heterocycles. The van der Waals surface area contributed by atoms with Crippen LogP contribution in [0.4, 0.5) is 0 Å². The predicted octanol–water partition coefficient (Wildman–Crippen LogP) is 22.2. The van der Waals surface area contributed by atoms with Crippen LogP contribution in [0.15, 0.2) is 0 Å². The molecule has 0 bridgehead atoms. The molecule has 0 rings (SSSR count). The van der Waals surface area contributed by atoms with Gasteiger partial charge in [0, 0.05) is 12.8 Å². The number of carbonyl (C=O) groups is 2. The lowest BCUT2D eigenvalue weighted by molar-refractivity contribution is -0.143. The monoisotopic (exact) mass is 1060 g/mol. The Morgan fingerprint density at radius 3 is 0.813 bits per heavy atom. The summed E-state index contributed by atoms with van der Waals surface area (Å²) in [6.07, 6.45) is 78.7. The number of esters is 1. The fourth-order valence-electron chi connectivity index (χ4n) is 11.4. The molecule has 448 valence electrons. The zero-order valence-corrected chi connectivity index (χ0v) is 51.3. The first-order valence-electron chi connectivity index (χ1n) is 34.8. The van der Waals surface area contributed by atoms with Gasteiger partial charge < -0.3 is 20.3 Å². The number of rotatable bonds is 66. The Hall–Kier alpha value is -1.14. The molecule has 0 aliphatic carbocycles. The molecule has 2 atom stereocenters. The molecule has 0 aromatic rings. The molecule has 0 saturated heterocycles. The first kappa shape index (κ1) is 73.9. The first-order chi connectivity index (χ1) is 37.0. The number of carbonyl (C=O) groups excluding carboxylic acids is 2. The van der Waals surface area contributed by atoms with E-state index in [0.717, 1.165) is 38.5 Å². The molecule has 0 aromatic carbocycles. The minimum Gasteiger partial charge on any atom is -0.466 e. The van der Waals surface area contributed by atoms with Crippen molar-refractivity contribution < 1.29 is 24.5 Å². The number of aliphatic hydroxyl groups excluding tert-OH is 2. The molecule has 0 saturated carbocycles. The maximum absolute atomic E-state index is 12.5. The van der Waals surface area contributed by atoms with Gasteiger partial charge in [-0.15, -0.1) is 0 Å². The van der Waals surface area contributed by atoms with Crippen molar-refractivity contribution in [2.24, 2.45) is 0 Å². The van der Waals surface area contributed by atoms with E-state index in [1.165, 1.54) is 334 Å². The Morgan fingerprint density at radius 1 is 0.320 bits per heavy atom. The van der Waals surface area contributed by atoms with Crippen LogP contribution in [-0.4, -0.2) is 47.4 Å². The average Bonchev–Trinajstić information content (AvgIpc) is 3.41. The molecule has 75 heavy (non-hydrogen) atoms. The zero-order valence-electron chi connectivity index (χ0n) is 51.3. The molecule has 0 fully saturated rings. The van der Waals surface area contributed by atoms with Crippen LogP contribution in [0.25, 0.3) is 0 Å². The standard InChI is InChI=1S/C69H137NO5/c1-3-5-7-9-11-13-15-17-18-36-39-43-47-51-55-59-63-69(74)75-64-60-56-52-48-44-40-37-34-32-30-28-26-24-22-20-19-21-23-25-27-29-31-33-35-38-42-46-50-54-58-62-68(73)70-66(65-71)67(72)61-57-53-49-45-41-16-14-12-10-8-6-4-2/h66-67,71-72H,3-65H2,1-2H3,(H,70,73). The Balaban J connectivity index is 3.29. The Labute approximate surface area is 470 Å². The Morgan fingerprint density at radius 2 is 0.547 bits per heavy atom. The number of nitrogens with one attached hydrogen (secondary N) is 1. The van der Waals surface area contributed by atoms with E-state index >= 15 is 0 Å². The number of aliphatic hydroxyl groups is 2. The molecule has 2 unspecified atom stereocenters. The molecule has 0 heterocycles. The molecule has 6 nitrogen and oxygen atoms in total. The lowest BCUT2D eigenvalue weighted by Crippen LogP contribution is -2.45. The van der Waals surface area contributed by atoms with Crippen LogP contribution in [0.3, 0.4) is 0 Å². The predicted molar refractivity (Wildman–Crippen MR) is 329 cm³/mol. The summed E-state index contributed by atoms with van der Waals surface area (Å²) < 4.78 is 5.51. The smallest absolute Gasteiger partial charge is 0.305 e. The fourth-order valence-corrected chi connectivity index (χ4v) is 11.4. The second kappa shape index (κ2) is 65.4. The second-order valence-electron chi connectivity index (χ2n) is 24.2. The van der Waals surface area contributed by atoms with Gasteiger partial charge >= 0.3 is 5.97 Å². The normalized spacial score (nSPS) is 12.4. The minimum atomic E-state index is -0.659. The summed E-state index contributed by atoms with van der Waals surface area (Å²) >= 11 is 0. The van der Waals surface area contributed by atoms with Gasteiger partial charge in [0.05, 0.1) is 25.4 Å². The Kier molecular flexibility index (Phi) is 64.4. The summed E-state index contributed by atoms with van der Waals surface area (Å²) in [5.41, 5.74) is 0. The summed E-state index contributed by atoms with van der Waals surface area (Å²) in [6, 6.07) is -0.536. The van der Waals surface area contributed by atoms with Crippen molar-refractivity contribution >= 4 is 11.9 Å². The van der Waals surface area contributed by atoms with E-state index in [-0.39, 0.29) is 18.5 Å². The average molecular weight is 1060 g/mol. The van der Waals surface area contributed by atoms with Crippen LogP contribution in [-0.2, 0) is 14.3 Å². The van der Waals surface area contributed by atoms with Crippen molar-refractivity contribution in [3.05, 3.63) is 0 Å². The largest absolute Gasteiger partial charge is 0.466 e. The van der Waals surface area contributed by atoms with Crippen LogP contribution in [0.1, 0.15) is 406 Å². The molecule has 0 aliphatic rings. The molecule has 0 radical (unpaired) electrons. The maximum atomic E-state index is 12.5. The highest BCUT2D eigenvalue weighted by Crippen LogP contribution is 2.19. The highest BCUT2D eigenvalue weighted by atomic mass is 16.5. The van der Waals surface area contributed by atoms with Crippen molar-refractivity contribution in [2.45, 2.75) is 418 Å². The minimum absolute atomic E-state index is 0.0247. The molecule has 3 N–H and O–H groups in total. The topological polar surface area (TPSA) is 95.9 Å². The highest BCUT2D eigenvalue weighted by molar-refractivity contribution is 5.76. The van der Waals surface area contributed by atoms with E-state index in [2.05, 4.69) is 19.2 Å². The summed E-state index contributed by atoms with van der Waals surface area (Å²) in [7, 11) is 0. The Bertz CT molecular complexity index is 1080. The number of amides is 1. The summed E-state index contributed by atoms with van der Waals surface area (Å²) in [6.45, 7) is 4.99. The van der Waals surface area contributed by atoms with Gasteiger partial charge in [-0.3, -0.25) is 9.59 Å². The molecular formula is C69H137NO5. The van der Waals surface area contributed by atoms with Crippen LogP contribution >= 0.6 is 0 Å². The third kappa shape index (κ3) is 61.9. The van der Waals surface area contributed by atoms with E-state index in [0.29, 0.717) is 25.9 Å². The maximum Gasteiger partial charge on any atom is 0.305 e. The van der Waals surface area contributed by atoms with Gasteiger partial charge in [-0.2, -0.15) is 0 Å². The lowest BCUT2D eigenvalue weighted by atomic mass is 10.0. The second-order valence-corrected chi connectivity index (χ2v) is 24.2. The van der Waals surface area contributed by atoms with Gasteiger partial charge in [0.15, 0.2) is 0 Å². The third-order valence-electron chi connectivity index (χ3n) is 16.7. The zero-order chi connectivity index (χ0) is 54.3. The van der Waals surface area contributed by atoms with E-state index in [1.54, 1.807) is 0 Å². The van der Waals surface area contributed by atoms with Crippen LogP contribution in [0.5, 0.6) is 0 Å². The molecule has 0 spiro atoms. The van der Waals surface area contributed by atoms with Gasteiger partial charge in [0.1, 0.15) is 0 Å². The van der Waals surface area contributed by atoms with Gasteiger partial charge in [0.2, 0.25) is 5.91 Å². The van der Waals surface area contributed by atoms with E-state index in [1.807, 2.05) is 0 Å². The van der Waals surface area contributed by atoms with Crippen molar-refractivity contribution in [3.63, 3.8) is 0 Å². The third-order valence-corrected chi connectivity index (χ3v) is 16.7. The van der Waals surface area contributed by atoms with E-state index in [9.17, 15) is 19.8 Å². The summed E-state index contributed by atoms with van der Waals surface area (Å²) in [4.78, 5) is 24.6. The first-order valence-corrected chi connectivity index (χ1v) is 34.8. The fraction of sp³-hybridized carbons (Fsp3) is 0.971. The van der Waals surface area contributed by atoms with E-state index in [4.69, 9.17) is 4.74 Å². The number of hydrogen-bond acceptors (Lipinski definition) is 5. The molecule has 6 heteroatoms. The summed E-state index contributed by atoms with van der Waals surface area (Å²) in [5.74, 6) is -0.00417. The number of unbranched alkanes of at least 4 members (excludes halogenated alkanes) is 55. The van der Waals surface area contributed by atoms with Crippen molar-refractivity contribution in [2.75, 3.05) is 13.2 Å². The molecule has 1 amide bonds. The SMILES string of the molecule is CCCCCCCCCCCCCCCCCCC(=O)OCCCCCCCCCCCCCCCCCCCCCCCCCCCCCCCCC(=O)NC(CO)C(O)CCCCCCCCCCCCCC. The number of hydrogen-bond donors (Lipinski definition) is 3. The number of ether oxygens (including phenoxy) is 1. The van der Waals surface area contributed by atoms with Gasteiger partial charge in [-0.25, -0.2) is 0 Å². The van der Waals surface area contributed by atoms with Crippen LogP contribution in [0.2, 0.25) is 0 Å².